The Bertz CT molecular complexity index is 208. The fraction of sp³-hybridized carbons (Fsp3) is 0.111. The number of rotatable bonds is 0. The summed E-state index contributed by atoms with van der Waals surface area (Å²) in [5, 5.41) is 13.5. The molecule has 0 spiro atoms. The molecule has 0 amide bonds. The third-order valence-electron chi connectivity index (χ3n) is 0.667. The molecule has 1 aromatic carbocycles. The second-order valence-corrected chi connectivity index (χ2v) is 2.13. The number of hydrogen-bond acceptors (Lipinski definition) is 2. The van der Waals surface area contributed by atoms with Crippen molar-refractivity contribution in [3.05, 3.63) is 36.4 Å². The molecule has 0 aliphatic rings. The van der Waals surface area contributed by atoms with E-state index >= 15 is 0 Å². The van der Waals surface area contributed by atoms with Crippen molar-refractivity contribution in [2.24, 2.45) is 11.5 Å². The fourth-order valence-corrected chi connectivity index (χ4v) is 0.385. The van der Waals surface area contributed by atoms with E-state index in [9.17, 15) is 0 Å². The van der Waals surface area contributed by atoms with E-state index in [1.54, 1.807) is 0 Å². The summed E-state index contributed by atoms with van der Waals surface area (Å²) in [6, 6.07) is 12.0. The molecular weight excluding hydrogens is 383 g/mol. The maximum atomic E-state index is 9.00. The Morgan fingerprint density at radius 1 is 1.07 bits per heavy atom. The molecule has 80 valence electrons. The predicted molar refractivity (Wildman–Crippen MR) is 55.9 cm³/mol. The number of nitrogens with two attached hydrogens (primary N) is 2. The Morgan fingerprint density at radius 2 is 1.13 bits per heavy atom. The molecule has 0 unspecified atom stereocenters. The van der Waals surface area contributed by atoms with Crippen molar-refractivity contribution in [3.63, 3.8) is 0 Å². The summed E-state index contributed by atoms with van der Waals surface area (Å²) in [7, 11) is 0. The summed E-state index contributed by atoms with van der Waals surface area (Å²) in [5.74, 6) is -1.17. The van der Waals surface area contributed by atoms with Gasteiger partial charge in [0.05, 0.1) is 0 Å². The topological polar surface area (TPSA) is 113 Å². The van der Waals surface area contributed by atoms with Gasteiger partial charge in [-0.3, -0.25) is 10.2 Å². The van der Waals surface area contributed by atoms with E-state index in [2.05, 4.69) is 11.5 Å². The number of aliphatic carboxylic acids is 1. The molecule has 0 bridgehead atoms. The Balaban J connectivity index is -0.000000145. The van der Waals surface area contributed by atoms with Crippen LogP contribution < -0.4 is 11.5 Å². The largest absolute Gasteiger partial charge is 0.481 e. The Hall–Kier alpha value is -1.10. The minimum absolute atomic E-state index is 0. The second kappa shape index (κ2) is 15.4. The first-order valence-corrected chi connectivity index (χ1v) is 3.76. The zero-order chi connectivity index (χ0) is 11.4. The Morgan fingerprint density at radius 3 is 1.20 bits per heavy atom. The van der Waals surface area contributed by atoms with Gasteiger partial charge in [-0.15, -0.1) is 0 Å². The minimum atomic E-state index is -0.833. The summed E-state index contributed by atoms with van der Waals surface area (Å²) >= 11 is 0. The summed E-state index contributed by atoms with van der Waals surface area (Å²) < 4.78 is 0. The molecule has 0 fully saturated rings. The second-order valence-electron chi connectivity index (χ2n) is 2.13. The number of carboxylic acid groups (broad SMARTS) is 1. The van der Waals surface area contributed by atoms with Gasteiger partial charge in [0.15, 0.2) is 5.96 Å². The van der Waals surface area contributed by atoms with E-state index in [4.69, 9.17) is 15.3 Å². The Kier molecular flexibility index (Phi) is 19.9. The molecule has 0 atom stereocenters. The molecule has 0 saturated carbocycles. The monoisotopic (exact) mass is 399 g/mol. The van der Waals surface area contributed by atoms with Crippen LogP contribution in [0.1, 0.15) is 6.92 Å². The first-order valence-electron chi connectivity index (χ1n) is 3.76. The molecule has 1 aromatic rings. The van der Waals surface area contributed by atoms with E-state index in [0.717, 1.165) is 6.92 Å². The molecule has 0 saturated heterocycles. The molecule has 0 heterocycles. The van der Waals surface area contributed by atoms with E-state index in [1.165, 1.54) is 0 Å². The first-order chi connectivity index (χ1) is 6.46. The number of guanidine groups is 1. The molecule has 0 aliphatic carbocycles. The van der Waals surface area contributed by atoms with Gasteiger partial charge in [0.1, 0.15) is 0 Å². The predicted octanol–water partition coefficient (Wildman–Crippen LogP) is 0.614. The van der Waals surface area contributed by atoms with Crippen molar-refractivity contribution in [2.75, 3.05) is 0 Å². The van der Waals surface area contributed by atoms with Gasteiger partial charge in [-0.2, -0.15) is 0 Å². The summed E-state index contributed by atoms with van der Waals surface area (Å²) in [6.45, 7) is 1.08. The van der Waals surface area contributed by atoms with Crippen LogP contribution in [-0.2, 0) is 32.5 Å². The van der Waals surface area contributed by atoms with Crippen LogP contribution in [0.3, 0.4) is 0 Å². The van der Waals surface area contributed by atoms with Crippen LogP contribution in [-0.4, -0.2) is 17.0 Å². The quantitative estimate of drug-likeness (QED) is 0.292. The molecule has 0 aliphatic heterocycles. The van der Waals surface area contributed by atoms with Gasteiger partial charge in [-0.1, -0.05) is 36.4 Å². The molecule has 15 heavy (non-hydrogen) atoms. The van der Waals surface area contributed by atoms with Crippen LogP contribution in [0.4, 0.5) is 0 Å². The van der Waals surface area contributed by atoms with Gasteiger partial charge in [0, 0.05) is 34.6 Å². The smallest absolute Gasteiger partial charge is 0.300 e. The van der Waals surface area contributed by atoms with Crippen molar-refractivity contribution in [2.45, 2.75) is 6.92 Å². The Labute approximate surface area is 109 Å². The van der Waals surface area contributed by atoms with E-state index < -0.39 is 5.97 Å². The van der Waals surface area contributed by atoms with Crippen LogP contribution in [0.2, 0.25) is 0 Å². The molecule has 0 aromatic heterocycles. The van der Waals surface area contributed by atoms with Crippen molar-refractivity contribution in [1.82, 2.24) is 0 Å². The van der Waals surface area contributed by atoms with Gasteiger partial charge in [-0.25, -0.2) is 0 Å². The standard InChI is InChI=1S/C6H6.C2H4O2.CH5N3.Hg/c1-2-4-6-5-3-1;1-2(3)4;2-1(3)4;/h1-6H;1H3,(H,3,4);(H5,2,3,4);. The minimum Gasteiger partial charge on any atom is -0.481 e. The molecule has 1 rings (SSSR count). The molecule has 5 nitrogen and oxygen atoms in total. The zero-order valence-electron chi connectivity index (χ0n) is 8.68. The van der Waals surface area contributed by atoms with Crippen molar-refractivity contribution in [1.29, 1.82) is 5.41 Å². The first kappa shape index (κ1) is 19.5. The number of carbonyl (C=O) groups is 1. The maximum absolute atomic E-state index is 9.00. The number of benzene rings is 1. The molecular formula is C9H15HgN3O2. The van der Waals surface area contributed by atoms with Crippen LogP contribution in [0.5, 0.6) is 0 Å². The number of nitrogens with one attached hydrogen (secondary N) is 1. The average Bonchev–Trinajstić information content (AvgIpc) is 2.05. The van der Waals surface area contributed by atoms with Gasteiger partial charge in [-0.05, 0) is 0 Å². The van der Waals surface area contributed by atoms with Gasteiger partial charge < -0.3 is 16.6 Å². The van der Waals surface area contributed by atoms with Gasteiger partial charge in [0.2, 0.25) is 0 Å². The molecule has 6 heteroatoms. The average molecular weight is 398 g/mol. The van der Waals surface area contributed by atoms with Crippen molar-refractivity contribution in [3.8, 4) is 0 Å². The third-order valence-corrected chi connectivity index (χ3v) is 0.667. The van der Waals surface area contributed by atoms with Gasteiger partial charge in [0.25, 0.3) is 5.97 Å². The third kappa shape index (κ3) is 63.9. The van der Waals surface area contributed by atoms with Crippen LogP contribution in [0, 0.1) is 5.41 Å². The zero-order valence-corrected chi connectivity index (χ0v) is 14.2. The van der Waals surface area contributed by atoms with E-state index in [-0.39, 0.29) is 33.6 Å². The summed E-state index contributed by atoms with van der Waals surface area (Å²) in [5.41, 5.74) is 8.94. The SMILES string of the molecule is CC(=O)O.N=C(N)N.[Hg].c1ccccc1. The van der Waals surface area contributed by atoms with E-state index in [1.807, 2.05) is 36.4 Å². The van der Waals surface area contributed by atoms with Crippen molar-refractivity contribution >= 4 is 11.9 Å². The van der Waals surface area contributed by atoms with Crippen LogP contribution in [0.25, 0.3) is 0 Å². The van der Waals surface area contributed by atoms with Gasteiger partial charge >= 0.3 is 0 Å². The maximum Gasteiger partial charge on any atom is 0.300 e. The van der Waals surface area contributed by atoms with Crippen LogP contribution >= 0.6 is 0 Å². The number of carboxylic acids is 1. The normalized spacial score (nSPS) is 6.47. The van der Waals surface area contributed by atoms with Crippen molar-refractivity contribution < 1.29 is 37.6 Å². The number of hydrogen-bond donors (Lipinski definition) is 4. The molecule has 6 N–H and O–H groups in total. The van der Waals surface area contributed by atoms with E-state index in [0.29, 0.717) is 0 Å². The summed E-state index contributed by atoms with van der Waals surface area (Å²) in [4.78, 5) is 9.00. The molecule has 0 radical (unpaired) electrons. The van der Waals surface area contributed by atoms with Crippen LogP contribution in [0.15, 0.2) is 36.4 Å². The summed E-state index contributed by atoms with van der Waals surface area (Å²) in [6.07, 6.45) is 0. The fourth-order valence-electron chi connectivity index (χ4n) is 0.385.